The van der Waals surface area contributed by atoms with Crippen molar-refractivity contribution in [1.82, 2.24) is 4.98 Å². The summed E-state index contributed by atoms with van der Waals surface area (Å²) in [7, 11) is 0. The molecule has 0 aliphatic rings. The van der Waals surface area contributed by atoms with E-state index in [4.69, 9.17) is 14.6 Å². The second-order valence-electron chi connectivity index (χ2n) is 4.58. The van der Waals surface area contributed by atoms with Crippen molar-refractivity contribution in [3.8, 4) is 5.88 Å². The van der Waals surface area contributed by atoms with E-state index < -0.39 is 11.7 Å². The third-order valence-corrected chi connectivity index (χ3v) is 1.72. The van der Waals surface area contributed by atoms with Crippen molar-refractivity contribution >= 4 is 11.8 Å². The number of aliphatic hydroxyl groups is 1. The van der Waals surface area contributed by atoms with Gasteiger partial charge in [-0.3, -0.25) is 5.32 Å². The quantitative estimate of drug-likeness (QED) is 0.856. The van der Waals surface area contributed by atoms with E-state index in [9.17, 15) is 4.79 Å². The largest absolute Gasteiger partial charge is 0.475 e. The highest BCUT2D eigenvalue weighted by molar-refractivity contribution is 5.84. The van der Waals surface area contributed by atoms with Crippen LogP contribution in [0.5, 0.6) is 5.88 Å². The lowest BCUT2D eigenvalue weighted by molar-refractivity contribution is 0.0636. The van der Waals surface area contributed by atoms with Gasteiger partial charge >= 0.3 is 6.09 Å². The van der Waals surface area contributed by atoms with Crippen molar-refractivity contribution in [1.29, 1.82) is 0 Å². The van der Waals surface area contributed by atoms with Gasteiger partial charge in [-0.2, -0.15) is 0 Å². The molecule has 1 heterocycles. The van der Waals surface area contributed by atoms with Crippen molar-refractivity contribution in [2.45, 2.75) is 26.4 Å². The summed E-state index contributed by atoms with van der Waals surface area (Å²) in [6.45, 7) is 5.48. The molecule has 0 saturated carbocycles. The minimum Gasteiger partial charge on any atom is -0.475 e. The van der Waals surface area contributed by atoms with Crippen LogP contribution in [0.25, 0.3) is 0 Å². The van der Waals surface area contributed by atoms with Crippen molar-refractivity contribution < 1.29 is 19.4 Å². The number of carbonyl (C=O) groups is 1. The highest BCUT2D eigenvalue weighted by atomic mass is 16.6. The average Bonchev–Trinajstić information content (AvgIpc) is 2.25. The Bertz CT molecular complexity index is 384. The van der Waals surface area contributed by atoms with Gasteiger partial charge in [0.25, 0.3) is 0 Å². The van der Waals surface area contributed by atoms with Crippen molar-refractivity contribution in [3.63, 3.8) is 0 Å². The van der Waals surface area contributed by atoms with Gasteiger partial charge in [0.2, 0.25) is 5.88 Å². The maximum atomic E-state index is 11.5. The molecular formula is C12H18N2O4. The zero-order chi connectivity index (χ0) is 13.6. The molecule has 1 rings (SSSR count). The first-order valence-electron chi connectivity index (χ1n) is 5.60. The van der Waals surface area contributed by atoms with E-state index in [-0.39, 0.29) is 13.2 Å². The van der Waals surface area contributed by atoms with Gasteiger partial charge in [-0.25, -0.2) is 9.78 Å². The SMILES string of the molecule is CC(C)(C)OC(=O)Nc1ccc(OCCO)nc1. The van der Waals surface area contributed by atoms with Crippen molar-refractivity contribution in [2.75, 3.05) is 18.5 Å². The lowest BCUT2D eigenvalue weighted by Crippen LogP contribution is -2.27. The zero-order valence-corrected chi connectivity index (χ0v) is 10.8. The van der Waals surface area contributed by atoms with Crippen molar-refractivity contribution in [3.05, 3.63) is 18.3 Å². The molecule has 18 heavy (non-hydrogen) atoms. The minimum absolute atomic E-state index is 0.0699. The molecule has 0 fully saturated rings. The highest BCUT2D eigenvalue weighted by Gasteiger charge is 2.16. The molecule has 100 valence electrons. The van der Waals surface area contributed by atoms with Crippen LogP contribution in [0.1, 0.15) is 20.8 Å². The number of hydrogen-bond acceptors (Lipinski definition) is 5. The molecule has 6 heteroatoms. The molecule has 1 amide bonds. The average molecular weight is 254 g/mol. The number of carbonyl (C=O) groups excluding carboxylic acids is 1. The van der Waals surface area contributed by atoms with Crippen LogP contribution in [0.3, 0.4) is 0 Å². The van der Waals surface area contributed by atoms with Crippen LogP contribution >= 0.6 is 0 Å². The van der Waals surface area contributed by atoms with Crippen LogP contribution in [-0.4, -0.2) is 35.0 Å². The molecule has 0 atom stereocenters. The maximum Gasteiger partial charge on any atom is 0.412 e. The van der Waals surface area contributed by atoms with Crippen LogP contribution in [0, 0.1) is 0 Å². The van der Waals surface area contributed by atoms with Gasteiger partial charge in [-0.15, -0.1) is 0 Å². The first-order chi connectivity index (χ1) is 8.40. The topological polar surface area (TPSA) is 80.7 Å². The molecule has 0 aliphatic heterocycles. The third kappa shape index (κ3) is 5.49. The minimum atomic E-state index is -0.540. The Morgan fingerprint density at radius 3 is 2.67 bits per heavy atom. The Morgan fingerprint density at radius 1 is 1.44 bits per heavy atom. The molecule has 2 N–H and O–H groups in total. The number of ether oxygens (including phenoxy) is 2. The van der Waals surface area contributed by atoms with Gasteiger partial charge in [-0.1, -0.05) is 0 Å². The monoisotopic (exact) mass is 254 g/mol. The number of rotatable bonds is 4. The molecule has 0 radical (unpaired) electrons. The van der Waals surface area contributed by atoms with Gasteiger partial charge in [0.15, 0.2) is 0 Å². The fraction of sp³-hybridized carbons (Fsp3) is 0.500. The molecule has 0 unspecified atom stereocenters. The number of aliphatic hydroxyl groups excluding tert-OH is 1. The summed E-state index contributed by atoms with van der Waals surface area (Å²) in [5.41, 5.74) is -0.0255. The van der Waals surface area contributed by atoms with E-state index in [1.165, 1.54) is 6.20 Å². The summed E-state index contributed by atoms with van der Waals surface area (Å²) in [5, 5.41) is 11.1. The Balaban J connectivity index is 2.50. The fourth-order valence-electron chi connectivity index (χ4n) is 1.11. The summed E-state index contributed by atoms with van der Waals surface area (Å²) in [6.07, 6.45) is 0.921. The van der Waals surface area contributed by atoms with Crippen LogP contribution in [-0.2, 0) is 4.74 Å². The molecular weight excluding hydrogens is 236 g/mol. The Hall–Kier alpha value is -1.82. The first kappa shape index (κ1) is 14.2. The summed E-state index contributed by atoms with van der Waals surface area (Å²) >= 11 is 0. The van der Waals surface area contributed by atoms with Crippen LogP contribution in [0.4, 0.5) is 10.5 Å². The third-order valence-electron chi connectivity index (χ3n) is 1.72. The van der Waals surface area contributed by atoms with Crippen LogP contribution in [0.2, 0.25) is 0 Å². The van der Waals surface area contributed by atoms with E-state index in [1.807, 2.05) is 0 Å². The molecule has 0 aromatic carbocycles. The van der Waals surface area contributed by atoms with E-state index in [0.717, 1.165) is 0 Å². The summed E-state index contributed by atoms with van der Waals surface area (Å²) in [6, 6.07) is 3.24. The zero-order valence-electron chi connectivity index (χ0n) is 10.8. The van der Waals surface area contributed by atoms with Gasteiger partial charge < -0.3 is 14.6 Å². The summed E-state index contributed by atoms with van der Waals surface area (Å²) in [5.74, 6) is 0.388. The first-order valence-corrected chi connectivity index (χ1v) is 5.60. The normalized spacial score (nSPS) is 10.9. The number of pyridine rings is 1. The molecule has 1 aromatic rings. The number of nitrogens with one attached hydrogen (secondary N) is 1. The number of amides is 1. The number of aromatic nitrogens is 1. The maximum absolute atomic E-state index is 11.5. The lowest BCUT2D eigenvalue weighted by atomic mass is 10.2. The molecule has 1 aromatic heterocycles. The molecule has 6 nitrogen and oxygen atoms in total. The Morgan fingerprint density at radius 2 is 2.17 bits per heavy atom. The molecule has 0 bridgehead atoms. The van der Waals surface area contributed by atoms with E-state index >= 15 is 0 Å². The van der Waals surface area contributed by atoms with Gasteiger partial charge in [0.1, 0.15) is 12.2 Å². The smallest absolute Gasteiger partial charge is 0.412 e. The van der Waals surface area contributed by atoms with E-state index in [2.05, 4.69) is 10.3 Å². The molecule has 0 aliphatic carbocycles. The molecule has 0 spiro atoms. The predicted octanol–water partition coefficient (Wildman–Crippen LogP) is 1.80. The van der Waals surface area contributed by atoms with Gasteiger partial charge in [0.05, 0.1) is 18.5 Å². The Kier molecular flexibility index (Phi) is 4.91. The van der Waals surface area contributed by atoms with Gasteiger partial charge in [0, 0.05) is 6.07 Å². The number of hydrogen-bond donors (Lipinski definition) is 2. The second kappa shape index (κ2) is 6.20. The fourth-order valence-corrected chi connectivity index (χ4v) is 1.11. The van der Waals surface area contributed by atoms with E-state index in [0.29, 0.717) is 11.6 Å². The van der Waals surface area contributed by atoms with Crippen LogP contribution in [0.15, 0.2) is 18.3 Å². The molecule has 0 saturated heterocycles. The predicted molar refractivity (Wildman–Crippen MR) is 66.7 cm³/mol. The van der Waals surface area contributed by atoms with Gasteiger partial charge in [-0.05, 0) is 26.8 Å². The van der Waals surface area contributed by atoms with E-state index in [1.54, 1.807) is 32.9 Å². The second-order valence-corrected chi connectivity index (χ2v) is 4.58. The Labute approximate surface area is 106 Å². The summed E-state index contributed by atoms with van der Waals surface area (Å²) < 4.78 is 10.2. The highest BCUT2D eigenvalue weighted by Crippen LogP contribution is 2.13. The number of nitrogens with zero attached hydrogens (tertiary/aromatic N) is 1. The standard InChI is InChI=1S/C12H18N2O4/c1-12(2,3)18-11(16)14-9-4-5-10(13-8-9)17-7-6-15/h4-5,8,15H,6-7H2,1-3H3,(H,14,16). The lowest BCUT2D eigenvalue weighted by Gasteiger charge is -2.19. The summed E-state index contributed by atoms with van der Waals surface area (Å²) in [4.78, 5) is 15.4. The number of anilines is 1. The van der Waals surface area contributed by atoms with Crippen molar-refractivity contribution in [2.24, 2.45) is 0 Å². The van der Waals surface area contributed by atoms with Crippen LogP contribution < -0.4 is 10.1 Å².